The average molecular weight is 418 g/mol. The van der Waals surface area contributed by atoms with Crippen LogP contribution < -0.4 is 10.2 Å². The van der Waals surface area contributed by atoms with E-state index < -0.39 is 10.0 Å². The lowest BCUT2D eigenvalue weighted by atomic mass is 10.2. The second-order valence-electron chi connectivity index (χ2n) is 7.02. The van der Waals surface area contributed by atoms with Crippen molar-refractivity contribution in [2.24, 2.45) is 0 Å². The molecule has 0 saturated carbocycles. The van der Waals surface area contributed by atoms with Gasteiger partial charge in [-0.05, 0) is 61.4 Å². The molecule has 0 bridgehead atoms. The zero-order chi connectivity index (χ0) is 20.9. The average Bonchev–Trinajstić information content (AvgIpc) is 3.03. The summed E-state index contributed by atoms with van der Waals surface area (Å²) in [6.45, 7) is 2.14. The number of nitrogens with one attached hydrogen (secondary N) is 1. The highest BCUT2D eigenvalue weighted by molar-refractivity contribution is 7.89. The van der Waals surface area contributed by atoms with Crippen molar-refractivity contribution >= 4 is 27.3 Å². The Bertz CT molecular complexity index is 919. The van der Waals surface area contributed by atoms with Gasteiger partial charge in [-0.3, -0.25) is 9.63 Å². The van der Waals surface area contributed by atoms with Gasteiger partial charge in [-0.2, -0.15) is 0 Å². The number of carbonyl (C=O) groups is 1. The fourth-order valence-electron chi connectivity index (χ4n) is 3.31. The number of rotatable bonds is 6. The lowest BCUT2D eigenvalue weighted by molar-refractivity contribution is -0.0258. The highest BCUT2D eigenvalue weighted by Gasteiger charge is 2.21. The Balaban J connectivity index is 1.65. The van der Waals surface area contributed by atoms with E-state index in [1.54, 1.807) is 0 Å². The Morgan fingerprint density at radius 3 is 2.10 bits per heavy atom. The predicted octanol–water partition coefficient (Wildman–Crippen LogP) is 3.50. The maximum absolute atomic E-state index is 12.5. The highest BCUT2D eigenvalue weighted by atomic mass is 32.2. The van der Waals surface area contributed by atoms with Gasteiger partial charge < -0.3 is 10.2 Å². The molecule has 0 atom stereocenters. The molecule has 3 rings (SSSR count). The molecule has 1 aliphatic rings. The van der Waals surface area contributed by atoms with E-state index in [1.165, 1.54) is 69.8 Å². The van der Waals surface area contributed by atoms with Crippen LogP contribution in [0.3, 0.4) is 0 Å². The Kier molecular flexibility index (Phi) is 6.89. The minimum absolute atomic E-state index is 0.0557. The van der Waals surface area contributed by atoms with Crippen molar-refractivity contribution in [2.45, 2.75) is 30.6 Å². The molecule has 0 unspecified atom stereocenters. The van der Waals surface area contributed by atoms with E-state index in [4.69, 9.17) is 4.84 Å². The number of anilines is 2. The molecular weight excluding hydrogens is 390 g/mol. The SMILES string of the molecule is CON(C)S(=O)(=O)c1ccc(C(=O)Nc2ccc(N3CCCCCC3)cc2)cc1. The van der Waals surface area contributed by atoms with Gasteiger partial charge in [0.2, 0.25) is 0 Å². The summed E-state index contributed by atoms with van der Waals surface area (Å²) >= 11 is 0. The van der Waals surface area contributed by atoms with Gasteiger partial charge in [0.15, 0.2) is 0 Å². The summed E-state index contributed by atoms with van der Waals surface area (Å²) in [7, 11) is -1.15. The first-order valence-electron chi connectivity index (χ1n) is 9.71. The molecule has 2 aromatic carbocycles. The van der Waals surface area contributed by atoms with E-state index >= 15 is 0 Å². The molecule has 156 valence electrons. The van der Waals surface area contributed by atoms with Gasteiger partial charge >= 0.3 is 0 Å². The van der Waals surface area contributed by atoms with Crippen molar-refractivity contribution < 1.29 is 18.0 Å². The van der Waals surface area contributed by atoms with Crippen molar-refractivity contribution in [3.63, 3.8) is 0 Å². The third-order valence-electron chi connectivity index (χ3n) is 5.11. The molecule has 1 heterocycles. The second kappa shape index (κ2) is 9.39. The summed E-state index contributed by atoms with van der Waals surface area (Å²) < 4.78 is 25.2. The van der Waals surface area contributed by atoms with Crippen molar-refractivity contribution in [3.05, 3.63) is 54.1 Å². The van der Waals surface area contributed by atoms with Gasteiger partial charge in [-0.15, -0.1) is 0 Å². The zero-order valence-electron chi connectivity index (χ0n) is 16.8. The molecule has 1 saturated heterocycles. The third kappa shape index (κ3) is 5.14. The highest BCUT2D eigenvalue weighted by Crippen LogP contribution is 2.22. The minimum atomic E-state index is -3.73. The van der Waals surface area contributed by atoms with Crippen LogP contribution in [0.25, 0.3) is 0 Å². The number of nitrogens with zero attached hydrogens (tertiary/aromatic N) is 2. The molecule has 29 heavy (non-hydrogen) atoms. The number of sulfonamides is 1. The first kappa shape index (κ1) is 21.3. The van der Waals surface area contributed by atoms with E-state index in [0.29, 0.717) is 11.3 Å². The number of benzene rings is 2. The standard InChI is InChI=1S/C21H27N3O4S/c1-23(28-2)29(26,27)20-13-7-17(8-14-20)21(25)22-18-9-11-19(12-10-18)24-15-5-3-4-6-16-24/h7-14H,3-6,15-16H2,1-2H3,(H,22,25). The van der Waals surface area contributed by atoms with E-state index in [9.17, 15) is 13.2 Å². The van der Waals surface area contributed by atoms with Gasteiger partial charge in [0, 0.05) is 37.1 Å². The first-order valence-corrected chi connectivity index (χ1v) is 11.2. The Morgan fingerprint density at radius 2 is 1.55 bits per heavy atom. The van der Waals surface area contributed by atoms with Gasteiger partial charge in [0.05, 0.1) is 12.0 Å². The number of carbonyl (C=O) groups excluding carboxylic acids is 1. The normalized spacial score (nSPS) is 15.2. The van der Waals surface area contributed by atoms with Gasteiger partial charge in [-0.25, -0.2) is 8.42 Å². The van der Waals surface area contributed by atoms with Gasteiger partial charge in [0.25, 0.3) is 15.9 Å². The van der Waals surface area contributed by atoms with Crippen molar-refractivity contribution in [3.8, 4) is 0 Å². The summed E-state index contributed by atoms with van der Waals surface area (Å²) in [6.07, 6.45) is 4.99. The van der Waals surface area contributed by atoms with Crippen LogP contribution in [0.5, 0.6) is 0 Å². The molecule has 0 spiro atoms. The fourth-order valence-corrected chi connectivity index (χ4v) is 4.29. The zero-order valence-corrected chi connectivity index (χ0v) is 17.6. The Labute approximate surface area is 172 Å². The molecule has 2 aromatic rings. The van der Waals surface area contributed by atoms with Crippen LogP contribution in [0.15, 0.2) is 53.4 Å². The lowest BCUT2D eigenvalue weighted by Crippen LogP contribution is -2.25. The molecule has 7 nitrogen and oxygen atoms in total. The number of amides is 1. The quantitative estimate of drug-likeness (QED) is 0.728. The van der Waals surface area contributed by atoms with Crippen LogP contribution in [0, 0.1) is 0 Å². The Morgan fingerprint density at radius 1 is 0.966 bits per heavy atom. The molecule has 1 amide bonds. The third-order valence-corrected chi connectivity index (χ3v) is 6.80. The summed E-state index contributed by atoms with van der Waals surface area (Å²) in [6, 6.07) is 13.6. The summed E-state index contributed by atoms with van der Waals surface area (Å²) in [5.74, 6) is -0.295. The van der Waals surface area contributed by atoms with Crippen molar-refractivity contribution in [2.75, 3.05) is 37.5 Å². The van der Waals surface area contributed by atoms with Crippen molar-refractivity contribution in [1.82, 2.24) is 4.47 Å². The smallest absolute Gasteiger partial charge is 0.264 e. The Hall–Kier alpha value is -2.42. The van der Waals surface area contributed by atoms with Crippen LogP contribution in [-0.2, 0) is 14.9 Å². The predicted molar refractivity (Wildman–Crippen MR) is 113 cm³/mol. The van der Waals surface area contributed by atoms with Crippen LogP contribution in [0.4, 0.5) is 11.4 Å². The van der Waals surface area contributed by atoms with Crippen LogP contribution in [0.2, 0.25) is 0 Å². The van der Waals surface area contributed by atoms with Gasteiger partial charge in [-0.1, -0.05) is 17.3 Å². The maximum atomic E-state index is 12.5. The monoisotopic (exact) mass is 417 g/mol. The molecule has 1 aliphatic heterocycles. The van der Waals surface area contributed by atoms with E-state index in [0.717, 1.165) is 17.6 Å². The lowest BCUT2D eigenvalue weighted by Gasteiger charge is -2.22. The van der Waals surface area contributed by atoms with Gasteiger partial charge in [0.1, 0.15) is 0 Å². The molecule has 8 heteroatoms. The molecule has 0 radical (unpaired) electrons. The molecule has 1 fully saturated rings. The largest absolute Gasteiger partial charge is 0.372 e. The second-order valence-corrected chi connectivity index (χ2v) is 8.96. The maximum Gasteiger partial charge on any atom is 0.264 e. The van der Waals surface area contributed by atoms with E-state index in [-0.39, 0.29) is 10.8 Å². The molecule has 1 N–H and O–H groups in total. The van der Waals surface area contributed by atoms with Crippen molar-refractivity contribution in [1.29, 1.82) is 0 Å². The topological polar surface area (TPSA) is 78.9 Å². The van der Waals surface area contributed by atoms with E-state index in [2.05, 4.69) is 10.2 Å². The number of hydrogen-bond acceptors (Lipinski definition) is 5. The molecule has 0 aromatic heterocycles. The fraction of sp³-hybridized carbons (Fsp3) is 0.381. The number of hydroxylamine groups is 1. The minimum Gasteiger partial charge on any atom is -0.372 e. The summed E-state index contributed by atoms with van der Waals surface area (Å²) in [5, 5.41) is 2.85. The summed E-state index contributed by atoms with van der Waals surface area (Å²) in [4.78, 5) is 19.7. The molecule has 0 aliphatic carbocycles. The first-order chi connectivity index (χ1) is 13.9. The summed E-state index contributed by atoms with van der Waals surface area (Å²) in [5.41, 5.74) is 2.24. The molecular formula is C21H27N3O4S. The van der Waals surface area contributed by atoms with Crippen LogP contribution in [0.1, 0.15) is 36.0 Å². The van der Waals surface area contributed by atoms with Crippen LogP contribution >= 0.6 is 0 Å². The number of hydrogen-bond donors (Lipinski definition) is 1. The van der Waals surface area contributed by atoms with Crippen LogP contribution in [-0.4, -0.2) is 46.0 Å². The van der Waals surface area contributed by atoms with E-state index in [1.807, 2.05) is 24.3 Å².